The minimum absolute atomic E-state index is 0.432. The van der Waals surface area contributed by atoms with E-state index in [1.165, 1.54) is 16.8 Å². The Hall–Kier alpha value is -3.27. The Morgan fingerprint density at radius 1 is 0.926 bits per heavy atom. The molecule has 3 aromatic carbocycles. The van der Waals surface area contributed by atoms with Crippen LogP contribution in [-0.2, 0) is 19.5 Å². The predicted molar refractivity (Wildman–Crippen MR) is 107 cm³/mol. The highest BCUT2D eigenvalue weighted by molar-refractivity contribution is 5.71. The molecule has 136 valence electrons. The fourth-order valence-corrected chi connectivity index (χ4v) is 3.39. The number of carbonyl (C=O) groups is 1. The van der Waals surface area contributed by atoms with Crippen LogP contribution in [0.25, 0.3) is 0 Å². The molecule has 4 heteroatoms. The van der Waals surface area contributed by atoms with Gasteiger partial charge in [-0.2, -0.15) is 0 Å². The van der Waals surface area contributed by atoms with Crippen LogP contribution in [0.1, 0.15) is 16.7 Å². The molecule has 0 bridgehead atoms. The fourth-order valence-electron chi connectivity index (χ4n) is 3.39. The van der Waals surface area contributed by atoms with Crippen molar-refractivity contribution >= 4 is 11.8 Å². The third-order valence-corrected chi connectivity index (χ3v) is 4.75. The lowest BCUT2D eigenvalue weighted by atomic mass is 10.1. The molecule has 4 rings (SSSR count). The van der Waals surface area contributed by atoms with Gasteiger partial charge in [0.1, 0.15) is 5.75 Å². The number of hydrogen-bond donors (Lipinski definition) is 1. The minimum atomic E-state index is -0.432. The molecule has 27 heavy (non-hydrogen) atoms. The molecule has 0 aliphatic carbocycles. The van der Waals surface area contributed by atoms with Gasteiger partial charge in [-0.15, -0.1) is 0 Å². The normalized spacial score (nSPS) is 12.5. The van der Waals surface area contributed by atoms with Crippen LogP contribution in [0, 0.1) is 0 Å². The second kappa shape index (κ2) is 7.96. The van der Waals surface area contributed by atoms with Crippen molar-refractivity contribution in [3.05, 3.63) is 95.6 Å². The molecule has 0 radical (unpaired) electrons. The molecule has 1 N–H and O–H groups in total. The van der Waals surface area contributed by atoms with Gasteiger partial charge < -0.3 is 15.0 Å². The van der Waals surface area contributed by atoms with Gasteiger partial charge in [0.2, 0.25) is 0 Å². The molecule has 0 unspecified atom stereocenters. The average Bonchev–Trinajstić information content (AvgIpc) is 3.10. The van der Waals surface area contributed by atoms with E-state index < -0.39 is 6.09 Å². The number of rotatable bonds is 5. The van der Waals surface area contributed by atoms with Crippen molar-refractivity contribution in [2.75, 3.05) is 11.4 Å². The summed E-state index contributed by atoms with van der Waals surface area (Å²) in [6, 6.07) is 26.1. The number of nitrogens with one attached hydrogen (secondary N) is 1. The summed E-state index contributed by atoms with van der Waals surface area (Å²) in [5.41, 5.74) is 4.78. The number of amides is 1. The molecule has 1 aliphatic heterocycles. The summed E-state index contributed by atoms with van der Waals surface area (Å²) in [7, 11) is 0. The van der Waals surface area contributed by atoms with Gasteiger partial charge in [-0.25, -0.2) is 4.79 Å². The van der Waals surface area contributed by atoms with Crippen molar-refractivity contribution in [3.63, 3.8) is 0 Å². The van der Waals surface area contributed by atoms with E-state index in [1.54, 1.807) is 0 Å². The molecule has 1 aliphatic rings. The minimum Gasteiger partial charge on any atom is -0.410 e. The van der Waals surface area contributed by atoms with E-state index in [0.29, 0.717) is 12.3 Å². The van der Waals surface area contributed by atoms with Crippen LogP contribution in [-0.4, -0.2) is 12.6 Å². The van der Waals surface area contributed by atoms with Crippen molar-refractivity contribution in [3.8, 4) is 5.75 Å². The molecule has 1 heterocycles. The van der Waals surface area contributed by atoms with Crippen LogP contribution in [0.15, 0.2) is 78.9 Å². The highest BCUT2D eigenvalue weighted by Crippen LogP contribution is 2.32. The van der Waals surface area contributed by atoms with E-state index in [0.717, 1.165) is 25.1 Å². The maximum Gasteiger partial charge on any atom is 0.412 e. The number of hydrogen-bond acceptors (Lipinski definition) is 3. The SMILES string of the molecule is O=C(NCc1ccccc1)Oc1ccc2c(c1)CCN2Cc1ccccc1. The fraction of sp³-hybridized carbons (Fsp3) is 0.174. The molecule has 0 saturated heterocycles. The van der Waals surface area contributed by atoms with Crippen LogP contribution in [0.3, 0.4) is 0 Å². The van der Waals surface area contributed by atoms with Gasteiger partial charge in [0.25, 0.3) is 0 Å². The Labute approximate surface area is 159 Å². The van der Waals surface area contributed by atoms with E-state index >= 15 is 0 Å². The lowest BCUT2D eigenvalue weighted by Gasteiger charge is -2.19. The van der Waals surface area contributed by atoms with Gasteiger partial charge in [-0.1, -0.05) is 60.7 Å². The van der Waals surface area contributed by atoms with Gasteiger partial charge >= 0.3 is 6.09 Å². The highest BCUT2D eigenvalue weighted by Gasteiger charge is 2.20. The standard InChI is InChI=1S/C23H22N2O2/c26-23(24-16-18-7-3-1-4-8-18)27-21-11-12-22-20(15-21)13-14-25(22)17-19-9-5-2-6-10-19/h1-12,15H,13-14,16-17H2,(H,24,26). The second-order valence-corrected chi connectivity index (χ2v) is 6.68. The van der Waals surface area contributed by atoms with Gasteiger partial charge in [0.05, 0.1) is 0 Å². The van der Waals surface area contributed by atoms with E-state index in [-0.39, 0.29) is 0 Å². The molecule has 0 spiro atoms. The summed E-state index contributed by atoms with van der Waals surface area (Å²) in [6.07, 6.45) is 0.531. The monoisotopic (exact) mass is 358 g/mol. The largest absolute Gasteiger partial charge is 0.412 e. The highest BCUT2D eigenvalue weighted by atomic mass is 16.6. The zero-order valence-electron chi connectivity index (χ0n) is 15.1. The van der Waals surface area contributed by atoms with E-state index in [1.807, 2.05) is 54.6 Å². The van der Waals surface area contributed by atoms with Crippen molar-refractivity contribution in [2.24, 2.45) is 0 Å². The quantitative estimate of drug-likeness (QED) is 0.728. The van der Waals surface area contributed by atoms with Gasteiger partial charge in [-0.05, 0) is 41.3 Å². The predicted octanol–water partition coefficient (Wildman–Crippen LogP) is 4.54. The van der Waals surface area contributed by atoms with Crippen LogP contribution in [0.4, 0.5) is 10.5 Å². The van der Waals surface area contributed by atoms with Gasteiger partial charge in [0.15, 0.2) is 0 Å². The summed E-state index contributed by atoms with van der Waals surface area (Å²) in [4.78, 5) is 14.4. The Morgan fingerprint density at radius 2 is 1.63 bits per heavy atom. The lowest BCUT2D eigenvalue weighted by Crippen LogP contribution is -2.26. The number of ether oxygens (including phenoxy) is 1. The maximum absolute atomic E-state index is 12.0. The first-order chi connectivity index (χ1) is 13.3. The average molecular weight is 358 g/mol. The van der Waals surface area contributed by atoms with Crippen molar-refractivity contribution < 1.29 is 9.53 Å². The Morgan fingerprint density at radius 3 is 2.37 bits per heavy atom. The smallest absolute Gasteiger partial charge is 0.410 e. The molecule has 1 amide bonds. The third kappa shape index (κ3) is 4.29. The second-order valence-electron chi connectivity index (χ2n) is 6.68. The van der Waals surface area contributed by atoms with Gasteiger partial charge in [0, 0.05) is 25.3 Å². The molecule has 0 atom stereocenters. The maximum atomic E-state index is 12.0. The molecule has 0 aromatic heterocycles. The molecule has 4 nitrogen and oxygen atoms in total. The van der Waals surface area contributed by atoms with E-state index in [9.17, 15) is 4.79 Å². The number of carbonyl (C=O) groups excluding carboxylic acids is 1. The van der Waals surface area contributed by atoms with Crippen LogP contribution in [0.5, 0.6) is 5.75 Å². The van der Waals surface area contributed by atoms with Crippen molar-refractivity contribution in [2.45, 2.75) is 19.5 Å². The molecular weight excluding hydrogens is 336 g/mol. The first-order valence-corrected chi connectivity index (χ1v) is 9.19. The first-order valence-electron chi connectivity index (χ1n) is 9.19. The van der Waals surface area contributed by atoms with E-state index in [4.69, 9.17) is 4.74 Å². The van der Waals surface area contributed by atoms with Crippen molar-refractivity contribution in [1.29, 1.82) is 0 Å². The Kier molecular flexibility index (Phi) is 5.06. The molecule has 3 aromatic rings. The zero-order valence-corrected chi connectivity index (χ0v) is 15.1. The van der Waals surface area contributed by atoms with E-state index in [2.05, 4.69) is 34.5 Å². The van der Waals surface area contributed by atoms with Crippen molar-refractivity contribution in [1.82, 2.24) is 5.32 Å². The first kappa shape index (κ1) is 17.2. The number of benzene rings is 3. The Balaban J connectivity index is 1.36. The molecule has 0 fully saturated rings. The summed E-state index contributed by atoms with van der Waals surface area (Å²) in [6.45, 7) is 2.33. The number of fused-ring (bicyclic) bond motifs is 1. The topological polar surface area (TPSA) is 41.6 Å². The lowest BCUT2D eigenvalue weighted by molar-refractivity contribution is 0.200. The third-order valence-electron chi connectivity index (χ3n) is 4.75. The summed E-state index contributed by atoms with van der Waals surface area (Å²) >= 11 is 0. The molecular formula is C23H22N2O2. The van der Waals surface area contributed by atoms with Crippen LogP contribution in [0.2, 0.25) is 0 Å². The summed E-state index contributed by atoms with van der Waals surface area (Å²) in [5.74, 6) is 0.584. The number of nitrogens with zero attached hydrogens (tertiary/aromatic N) is 1. The van der Waals surface area contributed by atoms with Crippen LogP contribution >= 0.6 is 0 Å². The Bertz CT molecular complexity index is 910. The summed E-state index contributed by atoms with van der Waals surface area (Å²) < 4.78 is 5.45. The van der Waals surface area contributed by atoms with Gasteiger partial charge in [-0.3, -0.25) is 0 Å². The zero-order chi connectivity index (χ0) is 18.5. The number of anilines is 1. The molecule has 0 saturated carbocycles. The van der Waals surface area contributed by atoms with Crippen LogP contribution < -0.4 is 15.0 Å². The summed E-state index contributed by atoms with van der Waals surface area (Å²) in [5, 5.41) is 2.79.